The van der Waals surface area contributed by atoms with Crippen molar-refractivity contribution in [3.05, 3.63) is 87.2 Å². The number of nitrogens with one attached hydrogen (secondary N) is 3. The Hall–Kier alpha value is -3.17. The molecule has 3 aromatic carbocycles. The van der Waals surface area contributed by atoms with Gasteiger partial charge in [0.25, 0.3) is 11.8 Å². The van der Waals surface area contributed by atoms with Crippen LogP contribution < -0.4 is 20.7 Å². The third-order valence-electron chi connectivity index (χ3n) is 4.74. The molecule has 0 saturated heterocycles. The predicted octanol–water partition coefficient (Wildman–Crippen LogP) is 6.60. The maximum absolute atomic E-state index is 12.8. The molecule has 34 heavy (non-hydrogen) atoms. The van der Waals surface area contributed by atoms with E-state index in [2.05, 4.69) is 16.0 Å². The number of thiocarbonyl (C=S) groups is 1. The molecule has 4 aromatic rings. The van der Waals surface area contributed by atoms with E-state index in [1.165, 1.54) is 11.3 Å². The van der Waals surface area contributed by atoms with Crippen LogP contribution in [0.4, 0.5) is 11.4 Å². The highest BCUT2D eigenvalue weighted by atomic mass is 35.5. The smallest absolute Gasteiger partial charge is 0.269 e. The molecule has 0 unspecified atom stereocenters. The van der Waals surface area contributed by atoms with Crippen molar-refractivity contribution in [2.75, 3.05) is 17.7 Å². The molecule has 0 aliphatic carbocycles. The summed E-state index contributed by atoms with van der Waals surface area (Å²) in [5, 5.41) is 10.0. The number of rotatable bonds is 5. The molecule has 0 fully saturated rings. The van der Waals surface area contributed by atoms with Gasteiger partial charge in [-0.05, 0) is 66.8 Å². The zero-order chi connectivity index (χ0) is 24.2. The Morgan fingerprint density at radius 3 is 2.38 bits per heavy atom. The molecule has 0 aliphatic heterocycles. The van der Waals surface area contributed by atoms with Crippen molar-refractivity contribution in [2.45, 2.75) is 0 Å². The molecule has 1 aromatic heterocycles. The maximum Gasteiger partial charge on any atom is 0.269 e. The first-order valence-corrected chi connectivity index (χ1v) is 11.9. The maximum atomic E-state index is 12.8. The summed E-state index contributed by atoms with van der Waals surface area (Å²) in [6.45, 7) is 0. The SMILES string of the molecule is COc1ccc2c(Cl)c(C(=O)NC(=S)Nc3cccc(C(=O)Nc4cccc(Cl)c4)c3)sc2c1. The van der Waals surface area contributed by atoms with E-state index >= 15 is 0 Å². The predicted molar refractivity (Wildman–Crippen MR) is 143 cm³/mol. The lowest BCUT2D eigenvalue weighted by Crippen LogP contribution is -2.33. The van der Waals surface area contributed by atoms with Crippen molar-refractivity contribution in [1.29, 1.82) is 0 Å². The lowest BCUT2D eigenvalue weighted by molar-refractivity contribution is 0.0980. The van der Waals surface area contributed by atoms with Crippen LogP contribution in [-0.4, -0.2) is 24.0 Å². The van der Waals surface area contributed by atoms with Crippen molar-refractivity contribution in [2.24, 2.45) is 0 Å². The quantitative estimate of drug-likeness (QED) is 0.254. The molecule has 2 amide bonds. The molecule has 3 N–H and O–H groups in total. The van der Waals surface area contributed by atoms with Crippen LogP contribution in [0.3, 0.4) is 0 Å². The highest BCUT2D eigenvalue weighted by Gasteiger charge is 2.19. The summed E-state index contributed by atoms with van der Waals surface area (Å²) in [7, 11) is 1.57. The topological polar surface area (TPSA) is 79.5 Å². The van der Waals surface area contributed by atoms with Crippen LogP contribution in [0.1, 0.15) is 20.0 Å². The molecule has 0 atom stereocenters. The summed E-state index contributed by atoms with van der Waals surface area (Å²) in [6, 6.07) is 19.0. The van der Waals surface area contributed by atoms with E-state index < -0.39 is 5.91 Å². The second kappa shape index (κ2) is 10.4. The van der Waals surface area contributed by atoms with Gasteiger partial charge >= 0.3 is 0 Å². The minimum absolute atomic E-state index is 0.0727. The number of methoxy groups -OCH3 is 1. The van der Waals surface area contributed by atoms with Crippen LogP contribution in [0.25, 0.3) is 10.1 Å². The molecule has 1 heterocycles. The molecule has 0 spiro atoms. The van der Waals surface area contributed by atoms with Gasteiger partial charge in [-0.25, -0.2) is 0 Å². The van der Waals surface area contributed by atoms with Crippen molar-refractivity contribution < 1.29 is 14.3 Å². The number of carbonyl (C=O) groups is 2. The average Bonchev–Trinajstić information content (AvgIpc) is 3.15. The molecular weight excluding hydrogens is 513 g/mol. The normalized spacial score (nSPS) is 10.6. The number of halogens is 2. The number of ether oxygens (including phenoxy) is 1. The van der Waals surface area contributed by atoms with Gasteiger partial charge in [0, 0.05) is 32.0 Å². The molecule has 4 rings (SSSR count). The van der Waals surface area contributed by atoms with E-state index in [1.807, 2.05) is 6.07 Å². The summed E-state index contributed by atoms with van der Waals surface area (Å²) in [4.78, 5) is 25.7. The number of carbonyl (C=O) groups excluding carboxylic acids is 2. The van der Waals surface area contributed by atoms with Gasteiger partial charge < -0.3 is 15.4 Å². The third-order valence-corrected chi connectivity index (χ3v) is 6.83. The molecule has 172 valence electrons. The fraction of sp³-hybridized carbons (Fsp3) is 0.0417. The van der Waals surface area contributed by atoms with Crippen molar-refractivity contribution in [3.63, 3.8) is 0 Å². The summed E-state index contributed by atoms with van der Waals surface area (Å²) in [5.41, 5.74) is 1.52. The van der Waals surface area contributed by atoms with E-state index in [0.29, 0.717) is 37.6 Å². The molecule has 6 nitrogen and oxygen atoms in total. The first-order chi connectivity index (χ1) is 16.3. The van der Waals surface area contributed by atoms with Gasteiger partial charge in [-0.2, -0.15) is 0 Å². The van der Waals surface area contributed by atoms with Crippen LogP contribution in [0.5, 0.6) is 5.75 Å². The Labute approximate surface area is 214 Å². The van der Waals surface area contributed by atoms with Gasteiger partial charge in [0.2, 0.25) is 0 Å². The number of hydrogen-bond donors (Lipinski definition) is 3. The Morgan fingerprint density at radius 2 is 1.65 bits per heavy atom. The Morgan fingerprint density at radius 1 is 0.912 bits per heavy atom. The number of hydrogen-bond acceptors (Lipinski definition) is 5. The van der Waals surface area contributed by atoms with Gasteiger partial charge in [0.1, 0.15) is 10.6 Å². The largest absolute Gasteiger partial charge is 0.497 e. The van der Waals surface area contributed by atoms with Crippen molar-refractivity contribution >= 4 is 85.1 Å². The van der Waals surface area contributed by atoms with E-state index in [4.69, 9.17) is 40.2 Å². The molecule has 0 saturated carbocycles. The Balaban J connectivity index is 1.43. The fourth-order valence-electron chi connectivity index (χ4n) is 3.15. The molecule has 0 bridgehead atoms. The number of amides is 2. The van der Waals surface area contributed by atoms with Gasteiger partial charge in [-0.3, -0.25) is 14.9 Å². The minimum atomic E-state index is -0.433. The monoisotopic (exact) mass is 529 g/mol. The Bertz CT molecular complexity index is 1420. The van der Waals surface area contributed by atoms with E-state index in [-0.39, 0.29) is 11.0 Å². The second-order valence-electron chi connectivity index (χ2n) is 7.06. The number of anilines is 2. The van der Waals surface area contributed by atoms with Crippen LogP contribution in [0.15, 0.2) is 66.7 Å². The van der Waals surface area contributed by atoms with Gasteiger partial charge in [0.05, 0.1) is 12.1 Å². The summed E-state index contributed by atoms with van der Waals surface area (Å²) in [5.74, 6) is -0.0697. The van der Waals surface area contributed by atoms with Crippen molar-refractivity contribution in [3.8, 4) is 5.75 Å². The lowest BCUT2D eigenvalue weighted by Gasteiger charge is -2.11. The van der Waals surface area contributed by atoms with Gasteiger partial charge in [0.15, 0.2) is 5.11 Å². The first kappa shape index (κ1) is 24.0. The Kier molecular flexibility index (Phi) is 7.33. The molecule has 0 radical (unpaired) electrons. The van der Waals surface area contributed by atoms with E-state index in [0.717, 1.165) is 10.1 Å². The van der Waals surface area contributed by atoms with Crippen LogP contribution in [-0.2, 0) is 0 Å². The number of thiophene rings is 1. The zero-order valence-electron chi connectivity index (χ0n) is 17.6. The van der Waals surface area contributed by atoms with E-state index in [1.54, 1.807) is 67.8 Å². The first-order valence-electron chi connectivity index (χ1n) is 9.89. The number of benzene rings is 3. The third kappa shape index (κ3) is 5.48. The lowest BCUT2D eigenvalue weighted by atomic mass is 10.2. The van der Waals surface area contributed by atoms with Gasteiger partial charge in [-0.15, -0.1) is 11.3 Å². The summed E-state index contributed by atoms with van der Waals surface area (Å²) < 4.78 is 6.05. The minimum Gasteiger partial charge on any atom is -0.497 e. The summed E-state index contributed by atoms with van der Waals surface area (Å²) >= 11 is 18.9. The molecular formula is C24H17Cl2N3O3S2. The summed E-state index contributed by atoms with van der Waals surface area (Å²) in [6.07, 6.45) is 0. The van der Waals surface area contributed by atoms with Gasteiger partial charge in [-0.1, -0.05) is 35.3 Å². The van der Waals surface area contributed by atoms with Crippen LogP contribution in [0, 0.1) is 0 Å². The second-order valence-corrected chi connectivity index (χ2v) is 9.34. The average molecular weight is 530 g/mol. The zero-order valence-corrected chi connectivity index (χ0v) is 20.8. The standard InChI is InChI=1S/C24H17Cl2N3O3S2/c1-32-17-8-9-18-19(12-17)34-21(20(18)26)23(31)29-24(33)28-15-6-2-4-13(10-15)22(30)27-16-7-3-5-14(25)11-16/h2-12H,1H3,(H,27,30)(H2,28,29,31,33). The number of fused-ring (bicyclic) bond motifs is 1. The van der Waals surface area contributed by atoms with E-state index in [9.17, 15) is 9.59 Å². The molecule has 10 heteroatoms. The fourth-order valence-corrected chi connectivity index (χ4v) is 4.99. The highest BCUT2D eigenvalue weighted by Crippen LogP contribution is 2.37. The van der Waals surface area contributed by atoms with Crippen molar-refractivity contribution in [1.82, 2.24) is 5.32 Å². The van der Waals surface area contributed by atoms with Crippen LogP contribution >= 0.6 is 46.8 Å². The molecule has 0 aliphatic rings. The highest BCUT2D eigenvalue weighted by molar-refractivity contribution is 7.80. The van der Waals surface area contributed by atoms with Crippen LogP contribution in [0.2, 0.25) is 10.0 Å².